The van der Waals surface area contributed by atoms with Crippen molar-refractivity contribution in [1.82, 2.24) is 0 Å². The molecule has 0 spiro atoms. The minimum absolute atomic E-state index is 0.118. The highest BCUT2D eigenvalue weighted by Crippen LogP contribution is 2.39. The van der Waals surface area contributed by atoms with Crippen molar-refractivity contribution < 1.29 is 18.7 Å². The Hall–Kier alpha value is -3.91. The van der Waals surface area contributed by atoms with Gasteiger partial charge in [0, 0.05) is 10.3 Å². The van der Waals surface area contributed by atoms with Crippen LogP contribution in [0.4, 0.5) is 10.7 Å². The highest BCUT2D eigenvalue weighted by molar-refractivity contribution is 7.16. The van der Waals surface area contributed by atoms with E-state index in [2.05, 4.69) is 10.3 Å². The summed E-state index contributed by atoms with van der Waals surface area (Å²) in [7, 11) is 1.54. The Bertz CT molecular complexity index is 1490. The molecule has 0 saturated carbocycles. The molecule has 0 atom stereocenters. The number of carbonyl (C=O) groups excluding carboxylic acids is 2. The van der Waals surface area contributed by atoms with Gasteiger partial charge < -0.3 is 20.2 Å². The molecule has 8 heteroatoms. The Kier molecular flexibility index (Phi) is 5.90. The first-order valence-electron chi connectivity index (χ1n) is 11.0. The summed E-state index contributed by atoms with van der Waals surface area (Å²) in [6, 6.07) is 16.3. The molecule has 2 amide bonds. The highest BCUT2D eigenvalue weighted by Gasteiger charge is 2.24. The molecule has 34 heavy (non-hydrogen) atoms. The first kappa shape index (κ1) is 21.9. The smallest absolute Gasteiger partial charge is 0.261 e. The van der Waals surface area contributed by atoms with Gasteiger partial charge in [0.25, 0.3) is 11.8 Å². The molecule has 1 aliphatic rings. The lowest BCUT2D eigenvalue weighted by atomic mass is 9.95. The number of rotatable bonds is 5. The third kappa shape index (κ3) is 4.08. The molecule has 0 radical (unpaired) electrons. The number of para-hydroxylation sites is 3. The molecule has 0 saturated heterocycles. The molecule has 7 nitrogen and oxygen atoms in total. The minimum Gasteiger partial charge on any atom is -0.495 e. The van der Waals surface area contributed by atoms with Crippen LogP contribution in [0.15, 0.2) is 64.0 Å². The number of thiophene rings is 1. The Balaban J connectivity index is 1.68. The fourth-order valence-electron chi connectivity index (χ4n) is 4.23. The zero-order valence-electron chi connectivity index (χ0n) is 18.6. The Morgan fingerprint density at radius 3 is 2.68 bits per heavy atom. The van der Waals surface area contributed by atoms with Crippen molar-refractivity contribution in [2.75, 3.05) is 12.4 Å². The van der Waals surface area contributed by atoms with Crippen LogP contribution in [0.25, 0.3) is 11.0 Å². The van der Waals surface area contributed by atoms with Crippen LogP contribution in [-0.4, -0.2) is 18.9 Å². The molecule has 0 aliphatic heterocycles. The average Bonchev–Trinajstić information content (AvgIpc) is 3.22. The summed E-state index contributed by atoms with van der Waals surface area (Å²) in [5, 5.41) is 4.12. The second-order valence-electron chi connectivity index (χ2n) is 8.02. The van der Waals surface area contributed by atoms with Crippen LogP contribution in [-0.2, 0) is 12.8 Å². The van der Waals surface area contributed by atoms with Crippen LogP contribution in [0, 0.1) is 0 Å². The summed E-state index contributed by atoms with van der Waals surface area (Å²) in [6.45, 7) is 0. The van der Waals surface area contributed by atoms with Crippen molar-refractivity contribution in [2.45, 2.75) is 25.7 Å². The number of fused-ring (bicyclic) bond motifs is 2. The van der Waals surface area contributed by atoms with Crippen molar-refractivity contribution >= 4 is 44.8 Å². The maximum absolute atomic E-state index is 13.4. The summed E-state index contributed by atoms with van der Waals surface area (Å²) in [4.78, 5) is 31.5. The molecule has 1 aliphatic carbocycles. The number of amides is 2. The topological polar surface area (TPSA) is 107 Å². The number of carbonyl (C=O) groups is 2. The van der Waals surface area contributed by atoms with Crippen molar-refractivity contribution in [1.29, 1.82) is 0 Å². The number of aryl methyl sites for hydroxylation is 1. The molecule has 3 N–H and O–H groups in total. The number of benzene rings is 2. The van der Waals surface area contributed by atoms with Gasteiger partial charge in [-0.2, -0.15) is 0 Å². The summed E-state index contributed by atoms with van der Waals surface area (Å²) < 4.78 is 11.4. The van der Waals surface area contributed by atoms with Crippen LogP contribution in [0.3, 0.4) is 0 Å². The van der Waals surface area contributed by atoms with Gasteiger partial charge in [-0.15, -0.1) is 11.3 Å². The molecular weight excluding hydrogens is 450 g/mol. The van der Waals surface area contributed by atoms with Gasteiger partial charge >= 0.3 is 0 Å². The molecule has 2 aromatic carbocycles. The van der Waals surface area contributed by atoms with E-state index >= 15 is 0 Å². The quantitative estimate of drug-likeness (QED) is 0.427. The Morgan fingerprint density at radius 2 is 1.85 bits per heavy atom. The zero-order chi connectivity index (χ0) is 23.7. The van der Waals surface area contributed by atoms with E-state index in [9.17, 15) is 9.59 Å². The predicted octanol–water partition coefficient (Wildman–Crippen LogP) is 4.97. The van der Waals surface area contributed by atoms with Gasteiger partial charge in [-0.05, 0) is 55.5 Å². The Morgan fingerprint density at radius 1 is 1.09 bits per heavy atom. The largest absolute Gasteiger partial charge is 0.495 e. The standard InChI is InChI=1S/C26H23N3O4S/c1-32-20-12-6-4-10-18(20)28-24(31)17-14-15-8-2-5-11-19(15)33-25(17)29-26-22(23(27)30)16-9-3-7-13-21(16)34-26/h2,4-6,8,10-12,14H,3,7,9,13H2,1H3,(H2,27,30)(H,28,31)/b29-25-. The van der Waals surface area contributed by atoms with Gasteiger partial charge in [-0.25, -0.2) is 4.99 Å². The number of methoxy groups -OCH3 is 1. The molecule has 2 heterocycles. The fourth-order valence-corrected chi connectivity index (χ4v) is 5.49. The van der Waals surface area contributed by atoms with E-state index in [4.69, 9.17) is 14.9 Å². The van der Waals surface area contributed by atoms with Gasteiger partial charge in [-0.1, -0.05) is 30.3 Å². The maximum Gasteiger partial charge on any atom is 0.261 e. The second-order valence-corrected chi connectivity index (χ2v) is 9.11. The van der Waals surface area contributed by atoms with Crippen LogP contribution < -0.4 is 21.3 Å². The number of hydrogen-bond acceptors (Lipinski definition) is 6. The van der Waals surface area contributed by atoms with Gasteiger partial charge in [0.1, 0.15) is 21.9 Å². The monoisotopic (exact) mass is 473 g/mol. The lowest BCUT2D eigenvalue weighted by molar-refractivity contribution is 0.0997. The number of nitrogens with zero attached hydrogens (tertiary/aromatic N) is 1. The number of nitrogens with two attached hydrogens (primary N) is 1. The van der Waals surface area contributed by atoms with Gasteiger partial charge in [0.2, 0.25) is 5.55 Å². The first-order valence-corrected chi connectivity index (χ1v) is 11.8. The van der Waals surface area contributed by atoms with E-state index in [1.807, 2.05) is 36.4 Å². The number of anilines is 1. The van der Waals surface area contributed by atoms with Gasteiger partial charge in [-0.3, -0.25) is 9.59 Å². The molecule has 0 fully saturated rings. The summed E-state index contributed by atoms with van der Waals surface area (Å²) in [5.41, 5.74) is 8.62. The summed E-state index contributed by atoms with van der Waals surface area (Å²) >= 11 is 1.44. The third-order valence-corrected chi connectivity index (χ3v) is 7.04. The molecule has 172 valence electrons. The van der Waals surface area contributed by atoms with Crippen molar-refractivity contribution in [3.8, 4) is 5.75 Å². The van der Waals surface area contributed by atoms with Crippen LogP contribution >= 0.6 is 11.3 Å². The van der Waals surface area contributed by atoms with E-state index in [0.29, 0.717) is 27.6 Å². The van der Waals surface area contributed by atoms with E-state index in [1.165, 1.54) is 11.3 Å². The fraction of sp³-hybridized carbons (Fsp3) is 0.192. The predicted molar refractivity (Wildman–Crippen MR) is 132 cm³/mol. The molecule has 4 aromatic rings. The molecule has 0 unspecified atom stereocenters. The second kappa shape index (κ2) is 9.15. The van der Waals surface area contributed by atoms with E-state index in [-0.39, 0.29) is 11.1 Å². The number of hydrogen-bond donors (Lipinski definition) is 2. The molecule has 5 rings (SSSR count). The lowest BCUT2D eigenvalue weighted by Crippen LogP contribution is -2.22. The van der Waals surface area contributed by atoms with E-state index < -0.39 is 11.8 Å². The third-order valence-electron chi connectivity index (χ3n) is 5.86. The highest BCUT2D eigenvalue weighted by atomic mass is 32.1. The Labute approximate surface area is 199 Å². The van der Waals surface area contributed by atoms with Crippen molar-refractivity contribution in [2.24, 2.45) is 10.7 Å². The van der Waals surface area contributed by atoms with Gasteiger partial charge in [0.05, 0.1) is 18.4 Å². The molecule has 0 bridgehead atoms. The number of primary amides is 1. The number of nitrogens with one attached hydrogen (secondary N) is 1. The lowest BCUT2D eigenvalue weighted by Gasteiger charge is -2.11. The summed E-state index contributed by atoms with van der Waals surface area (Å²) in [5.74, 6) is -0.382. The number of ether oxygens (including phenoxy) is 1. The zero-order valence-corrected chi connectivity index (χ0v) is 19.4. The van der Waals surface area contributed by atoms with Gasteiger partial charge in [0.15, 0.2) is 0 Å². The molecular formula is C26H23N3O4S. The SMILES string of the molecule is COc1ccccc1NC(=O)c1cc2ccccc2o/c1=N\c1sc2c(c1C(N)=O)CCCC2. The maximum atomic E-state index is 13.4. The molecule has 2 aromatic heterocycles. The van der Waals surface area contributed by atoms with Crippen LogP contribution in [0.1, 0.15) is 44.0 Å². The van der Waals surface area contributed by atoms with Crippen LogP contribution in [0.2, 0.25) is 0 Å². The van der Waals surface area contributed by atoms with E-state index in [0.717, 1.165) is 41.5 Å². The van der Waals surface area contributed by atoms with Crippen molar-refractivity contribution in [3.63, 3.8) is 0 Å². The first-order chi connectivity index (χ1) is 16.5. The normalized spacial score (nSPS) is 13.5. The van der Waals surface area contributed by atoms with E-state index in [1.54, 1.807) is 25.3 Å². The van der Waals surface area contributed by atoms with Crippen molar-refractivity contribution in [3.05, 3.63) is 81.7 Å². The average molecular weight is 474 g/mol. The summed E-state index contributed by atoms with van der Waals surface area (Å²) in [6.07, 6.45) is 3.77. The minimum atomic E-state index is -0.515. The van der Waals surface area contributed by atoms with Crippen LogP contribution in [0.5, 0.6) is 5.75 Å².